The Labute approximate surface area is 402 Å². The number of aromatic nitrogens is 2. The molecule has 7 heterocycles. The third-order valence-electron chi connectivity index (χ3n) is 15.3. The maximum absolute atomic E-state index is 14.5. The predicted octanol–water partition coefficient (Wildman–Crippen LogP) is 7.63. The largest absolute Gasteiger partial charge is 0.489 e. The number of aromatic amines is 1. The number of carbonyl (C=O) groups excluding carboxylic acids is 1. The van der Waals surface area contributed by atoms with E-state index in [4.69, 9.17) is 19.2 Å². The minimum atomic E-state index is -4.66. The first-order chi connectivity index (χ1) is 33.4. The summed E-state index contributed by atoms with van der Waals surface area (Å²) in [4.78, 5) is 43.1. The first-order valence-corrected chi connectivity index (χ1v) is 25.8. The average Bonchev–Trinajstić information content (AvgIpc) is 3.97. The van der Waals surface area contributed by atoms with Gasteiger partial charge in [-0.1, -0.05) is 36.4 Å². The van der Waals surface area contributed by atoms with Gasteiger partial charge in [-0.25, -0.2) is 13.1 Å². The number of nitro groups is 1. The maximum Gasteiger partial charge on any atom is 0.297 e. The number of rotatable bonds is 11. The maximum atomic E-state index is 14.5. The lowest BCUT2D eigenvalue weighted by Gasteiger charge is -2.56. The van der Waals surface area contributed by atoms with Gasteiger partial charge in [-0.15, -0.1) is 0 Å². The van der Waals surface area contributed by atoms with Crippen LogP contribution in [-0.2, 0) is 14.8 Å². The van der Waals surface area contributed by atoms with Gasteiger partial charge in [0.25, 0.3) is 21.6 Å². The van der Waals surface area contributed by atoms with Gasteiger partial charge in [0.1, 0.15) is 17.9 Å². The van der Waals surface area contributed by atoms with E-state index >= 15 is 0 Å². The van der Waals surface area contributed by atoms with E-state index in [1.54, 1.807) is 12.3 Å². The summed E-state index contributed by atoms with van der Waals surface area (Å²) >= 11 is 0. The molecule has 3 aromatic carbocycles. The molecule has 5 aromatic rings. The lowest BCUT2D eigenvalue weighted by atomic mass is 9.59. The number of fused-ring (bicyclic) bond motifs is 3. The summed E-state index contributed by atoms with van der Waals surface area (Å²) in [6.45, 7) is 13.5. The molecule has 6 aliphatic rings. The average molecular weight is 958 g/mol. The highest BCUT2D eigenvalue weighted by molar-refractivity contribution is 7.90. The SMILES string of the molecule is C=C(C)c1ccccc1[C@@H]1CCCN1C1CC2(CCN(c3ccc(C(=O)NS(=O)(=O)c4cc5c(c([N+](=O)[O-])c4)N[C@H](CN4CCOCC4)CO5)c(N4CCCOc5nc6[nH]ccc6cc54)c3)CC2)C1. The highest BCUT2D eigenvalue weighted by Gasteiger charge is 2.50. The van der Waals surface area contributed by atoms with Crippen molar-refractivity contribution < 1.29 is 32.3 Å². The Bertz CT molecular complexity index is 2920. The fourth-order valence-corrected chi connectivity index (χ4v) is 12.7. The number of allylic oxidation sites excluding steroid dienone is 1. The van der Waals surface area contributed by atoms with Gasteiger partial charge < -0.3 is 34.3 Å². The molecule has 17 nitrogen and oxygen atoms in total. The molecule has 18 heteroatoms. The number of sulfonamides is 1. The summed E-state index contributed by atoms with van der Waals surface area (Å²) in [5.74, 6) is -0.458. The molecule has 1 amide bonds. The molecule has 3 N–H and O–H groups in total. The molecular formula is C51H59N9O8S. The predicted molar refractivity (Wildman–Crippen MR) is 264 cm³/mol. The van der Waals surface area contributed by atoms with Crippen molar-refractivity contribution in [2.24, 2.45) is 5.41 Å². The zero-order valence-electron chi connectivity index (χ0n) is 39.0. The first kappa shape index (κ1) is 45.2. The van der Waals surface area contributed by atoms with E-state index in [0.717, 1.165) is 68.3 Å². The zero-order valence-corrected chi connectivity index (χ0v) is 39.8. The van der Waals surface area contributed by atoms with Gasteiger partial charge in [-0.2, -0.15) is 4.98 Å². The zero-order chi connectivity index (χ0) is 47.4. The number of piperidine rings is 1. The van der Waals surface area contributed by atoms with Gasteiger partial charge in [0.05, 0.1) is 46.9 Å². The number of hydrogen-bond donors (Lipinski definition) is 3. The Morgan fingerprint density at radius 1 is 0.942 bits per heavy atom. The van der Waals surface area contributed by atoms with E-state index in [1.165, 1.54) is 42.9 Å². The van der Waals surface area contributed by atoms with Crippen LogP contribution in [0.4, 0.5) is 28.4 Å². The molecule has 11 rings (SSSR count). The van der Waals surface area contributed by atoms with Crippen molar-refractivity contribution in [1.29, 1.82) is 0 Å². The number of nitrogens with one attached hydrogen (secondary N) is 3. The van der Waals surface area contributed by atoms with E-state index in [-0.39, 0.29) is 35.1 Å². The number of benzene rings is 3. The fraction of sp³-hybridized carbons (Fsp3) is 0.451. The van der Waals surface area contributed by atoms with Crippen molar-refractivity contribution in [2.75, 3.05) is 87.4 Å². The molecule has 0 radical (unpaired) electrons. The second-order valence-electron chi connectivity index (χ2n) is 19.7. The molecule has 5 aliphatic heterocycles. The van der Waals surface area contributed by atoms with Crippen LogP contribution in [0.3, 0.4) is 0 Å². The third-order valence-corrected chi connectivity index (χ3v) is 16.6. The Morgan fingerprint density at radius 2 is 1.75 bits per heavy atom. The Hall–Kier alpha value is -6.21. The minimum absolute atomic E-state index is 0.0235. The van der Waals surface area contributed by atoms with Crippen molar-refractivity contribution in [3.05, 3.63) is 106 Å². The molecule has 2 aromatic heterocycles. The van der Waals surface area contributed by atoms with Crippen LogP contribution in [0.1, 0.15) is 79.4 Å². The highest BCUT2D eigenvalue weighted by atomic mass is 32.2. The summed E-state index contributed by atoms with van der Waals surface area (Å²) in [6.07, 6.45) is 9.26. The van der Waals surface area contributed by atoms with E-state index in [1.807, 2.05) is 29.2 Å². The fourth-order valence-electron chi connectivity index (χ4n) is 11.7. The summed E-state index contributed by atoms with van der Waals surface area (Å²) in [7, 11) is -4.66. The molecule has 69 heavy (non-hydrogen) atoms. The summed E-state index contributed by atoms with van der Waals surface area (Å²) in [5.41, 5.74) is 6.56. The normalized spacial score (nSPS) is 21.9. The molecule has 1 aliphatic carbocycles. The topological polar surface area (TPSA) is 188 Å². The number of pyridine rings is 1. The molecular weight excluding hydrogens is 899 g/mol. The monoisotopic (exact) mass is 957 g/mol. The number of likely N-dealkylation sites (tertiary alicyclic amines) is 1. The van der Waals surface area contributed by atoms with Crippen molar-refractivity contribution in [3.63, 3.8) is 0 Å². The molecule has 362 valence electrons. The van der Waals surface area contributed by atoms with Crippen LogP contribution in [-0.4, -0.2) is 123 Å². The Balaban J connectivity index is 0.849. The smallest absolute Gasteiger partial charge is 0.297 e. The van der Waals surface area contributed by atoms with Gasteiger partial charge in [-0.3, -0.25) is 24.7 Å². The quantitative estimate of drug-likeness (QED) is 0.0866. The first-order valence-electron chi connectivity index (χ1n) is 24.3. The minimum Gasteiger partial charge on any atom is -0.489 e. The summed E-state index contributed by atoms with van der Waals surface area (Å²) in [5, 5.41) is 16.5. The number of nitro benzene ring substituents is 1. The number of anilines is 4. The Kier molecular flexibility index (Phi) is 12.0. The lowest BCUT2D eigenvalue weighted by Crippen LogP contribution is -2.54. The number of hydrogen-bond acceptors (Lipinski definition) is 14. The van der Waals surface area contributed by atoms with Gasteiger partial charge in [0, 0.05) is 80.8 Å². The second kappa shape index (κ2) is 18.3. The van der Waals surface area contributed by atoms with Crippen LogP contribution in [0.5, 0.6) is 11.6 Å². The van der Waals surface area contributed by atoms with Gasteiger partial charge >= 0.3 is 0 Å². The van der Waals surface area contributed by atoms with Crippen LogP contribution >= 0.6 is 0 Å². The lowest BCUT2D eigenvalue weighted by molar-refractivity contribution is -0.384. The number of ether oxygens (including phenoxy) is 3. The van der Waals surface area contributed by atoms with Crippen molar-refractivity contribution >= 4 is 61.0 Å². The molecule has 1 saturated carbocycles. The number of amides is 1. The molecule has 1 spiro atoms. The third kappa shape index (κ3) is 8.76. The number of H-pyrrole nitrogens is 1. The van der Waals surface area contributed by atoms with Crippen LogP contribution in [0.15, 0.2) is 84.4 Å². The van der Waals surface area contributed by atoms with E-state index in [0.29, 0.717) is 74.3 Å². The highest BCUT2D eigenvalue weighted by Crippen LogP contribution is 2.54. The van der Waals surface area contributed by atoms with E-state index in [2.05, 4.69) is 67.5 Å². The molecule has 4 fully saturated rings. The van der Waals surface area contributed by atoms with Crippen LogP contribution < -0.4 is 29.3 Å². The number of morpholine rings is 1. The van der Waals surface area contributed by atoms with Gasteiger partial charge in [0.2, 0.25) is 5.88 Å². The van der Waals surface area contributed by atoms with Gasteiger partial charge in [0.15, 0.2) is 11.4 Å². The standard InChI is InChI=1S/C51H59N9O8S/c1-33(2)39-7-3-4-8-40(39)42-9-5-16-58(42)37-29-51(30-37)13-18-57(19-14-51)36-10-11-41(43(26-36)59-17-6-22-67-50-45(59)25-34-12-15-52-48(34)54-50)49(61)55-69(64,65)38-27-44(60(62)63)47-46(28-38)68-32-35(53-47)31-56-20-23-66-24-21-56/h3-4,7-8,10-12,15,25-28,35,37,42,53H,1,5-6,9,13-14,16-24,29-32H2,2H3,(H,52,54)(H,55,61)/t35-,42+/m1/s1. The van der Waals surface area contributed by atoms with E-state index in [9.17, 15) is 23.3 Å². The van der Waals surface area contributed by atoms with Crippen molar-refractivity contribution in [2.45, 2.75) is 74.9 Å². The Morgan fingerprint density at radius 3 is 2.55 bits per heavy atom. The number of carbonyl (C=O) groups is 1. The molecule has 3 saturated heterocycles. The van der Waals surface area contributed by atoms with Crippen LogP contribution in [0.25, 0.3) is 16.6 Å². The van der Waals surface area contributed by atoms with Gasteiger partial charge in [-0.05, 0) is 105 Å². The molecule has 0 unspecified atom stereocenters. The van der Waals surface area contributed by atoms with Crippen LogP contribution in [0.2, 0.25) is 0 Å². The van der Waals surface area contributed by atoms with Crippen LogP contribution in [0, 0.1) is 15.5 Å². The van der Waals surface area contributed by atoms with E-state index < -0.39 is 31.4 Å². The number of nitrogens with zero attached hydrogens (tertiary/aromatic N) is 6. The second-order valence-corrected chi connectivity index (χ2v) is 21.4. The summed E-state index contributed by atoms with van der Waals surface area (Å²) in [6, 6.07) is 21.1. The molecule has 0 bridgehead atoms. The van der Waals surface area contributed by atoms with Crippen molar-refractivity contribution in [3.8, 4) is 11.6 Å². The van der Waals surface area contributed by atoms with Crippen molar-refractivity contribution in [1.82, 2.24) is 24.5 Å². The molecule has 2 atom stereocenters. The summed E-state index contributed by atoms with van der Waals surface area (Å²) < 4.78 is 48.2.